The van der Waals surface area contributed by atoms with Crippen molar-refractivity contribution in [2.45, 2.75) is 6.92 Å². The first kappa shape index (κ1) is 24.0. The van der Waals surface area contributed by atoms with Gasteiger partial charge in [-0.25, -0.2) is 4.99 Å². The zero-order valence-corrected chi connectivity index (χ0v) is 19.2. The van der Waals surface area contributed by atoms with Crippen molar-refractivity contribution in [3.05, 3.63) is 30.3 Å². The minimum Gasteiger partial charge on any atom is -0.368 e. The lowest BCUT2D eigenvalue weighted by molar-refractivity contribution is -0.130. The average Bonchev–Trinajstić information content (AvgIpc) is 2.70. The van der Waals surface area contributed by atoms with Gasteiger partial charge in [-0.3, -0.25) is 9.59 Å². The van der Waals surface area contributed by atoms with Gasteiger partial charge in [0.2, 0.25) is 11.8 Å². The highest BCUT2D eigenvalue weighted by atomic mass is 127. The van der Waals surface area contributed by atoms with E-state index in [-0.39, 0.29) is 48.9 Å². The number of hydrogen-bond donors (Lipinski definition) is 2. The Bertz CT molecular complexity index is 645. The fourth-order valence-electron chi connectivity index (χ4n) is 2.76. The van der Waals surface area contributed by atoms with Crippen LogP contribution in [0.3, 0.4) is 0 Å². The van der Waals surface area contributed by atoms with Gasteiger partial charge in [-0.15, -0.1) is 24.0 Å². The SMILES string of the molecule is CCNC(=NCC(=O)N1CCN(c2ccccc2)CC1)NCC(=O)N(C)C.I. The van der Waals surface area contributed by atoms with Gasteiger partial charge in [-0.2, -0.15) is 0 Å². The number of hydrogen-bond acceptors (Lipinski definition) is 4. The van der Waals surface area contributed by atoms with Crippen LogP contribution >= 0.6 is 24.0 Å². The number of carbonyl (C=O) groups excluding carboxylic acids is 2. The van der Waals surface area contributed by atoms with Gasteiger partial charge in [-0.1, -0.05) is 18.2 Å². The summed E-state index contributed by atoms with van der Waals surface area (Å²) in [6, 6.07) is 10.2. The van der Waals surface area contributed by atoms with Crippen LogP contribution in [-0.4, -0.2) is 87.5 Å². The summed E-state index contributed by atoms with van der Waals surface area (Å²) in [6.45, 7) is 5.81. The molecule has 156 valence electrons. The van der Waals surface area contributed by atoms with E-state index in [0.717, 1.165) is 13.1 Å². The Morgan fingerprint density at radius 1 is 1.07 bits per heavy atom. The van der Waals surface area contributed by atoms with Gasteiger partial charge in [0.25, 0.3) is 0 Å². The topological polar surface area (TPSA) is 80.3 Å². The molecular weight excluding hydrogens is 471 g/mol. The van der Waals surface area contributed by atoms with E-state index in [9.17, 15) is 9.59 Å². The first-order valence-corrected chi connectivity index (χ1v) is 9.31. The third-order valence-electron chi connectivity index (χ3n) is 4.38. The normalized spacial score (nSPS) is 14.2. The number of benzene rings is 1. The predicted molar refractivity (Wildman–Crippen MR) is 123 cm³/mol. The Morgan fingerprint density at radius 2 is 1.71 bits per heavy atom. The molecule has 1 saturated heterocycles. The lowest BCUT2D eigenvalue weighted by atomic mass is 10.2. The Morgan fingerprint density at radius 3 is 2.29 bits per heavy atom. The van der Waals surface area contributed by atoms with Gasteiger partial charge in [0.05, 0.1) is 6.54 Å². The molecule has 8 nitrogen and oxygen atoms in total. The fourth-order valence-corrected chi connectivity index (χ4v) is 2.76. The highest BCUT2D eigenvalue weighted by molar-refractivity contribution is 14.0. The van der Waals surface area contributed by atoms with Gasteiger partial charge in [0.1, 0.15) is 6.54 Å². The van der Waals surface area contributed by atoms with E-state index in [1.165, 1.54) is 10.6 Å². The first-order valence-electron chi connectivity index (χ1n) is 9.31. The molecule has 0 radical (unpaired) electrons. The summed E-state index contributed by atoms with van der Waals surface area (Å²) in [5, 5.41) is 6.01. The number of nitrogens with zero attached hydrogens (tertiary/aromatic N) is 4. The zero-order chi connectivity index (χ0) is 19.6. The van der Waals surface area contributed by atoms with E-state index in [1.807, 2.05) is 30.0 Å². The molecule has 28 heavy (non-hydrogen) atoms. The van der Waals surface area contributed by atoms with E-state index < -0.39 is 0 Å². The molecule has 1 aliphatic rings. The van der Waals surface area contributed by atoms with Gasteiger partial charge in [0.15, 0.2) is 5.96 Å². The number of carbonyl (C=O) groups is 2. The molecule has 1 aromatic rings. The summed E-state index contributed by atoms with van der Waals surface area (Å²) >= 11 is 0. The lowest BCUT2D eigenvalue weighted by Gasteiger charge is -2.36. The van der Waals surface area contributed by atoms with Crippen molar-refractivity contribution in [2.24, 2.45) is 4.99 Å². The van der Waals surface area contributed by atoms with Crippen LogP contribution in [-0.2, 0) is 9.59 Å². The van der Waals surface area contributed by atoms with Crippen molar-refractivity contribution in [2.75, 3.05) is 64.8 Å². The average molecular weight is 502 g/mol. The molecule has 0 bridgehead atoms. The monoisotopic (exact) mass is 502 g/mol. The van der Waals surface area contributed by atoms with Crippen molar-refractivity contribution in [3.63, 3.8) is 0 Å². The highest BCUT2D eigenvalue weighted by Crippen LogP contribution is 2.15. The van der Waals surface area contributed by atoms with Crippen LogP contribution in [0.25, 0.3) is 0 Å². The number of para-hydroxylation sites is 1. The molecule has 1 heterocycles. The Hall–Kier alpha value is -2.04. The molecule has 2 amide bonds. The maximum atomic E-state index is 12.5. The Balaban J connectivity index is 0.00000392. The molecule has 0 aliphatic carbocycles. The number of aliphatic imine (C=N–C) groups is 1. The Labute approximate surface area is 184 Å². The molecule has 0 saturated carbocycles. The number of anilines is 1. The van der Waals surface area contributed by atoms with Crippen LogP contribution in [0, 0.1) is 0 Å². The van der Waals surface area contributed by atoms with Crippen LogP contribution in [0.4, 0.5) is 5.69 Å². The Kier molecular flexibility index (Phi) is 10.6. The van der Waals surface area contributed by atoms with Crippen LogP contribution in [0.2, 0.25) is 0 Å². The fraction of sp³-hybridized carbons (Fsp3) is 0.526. The lowest BCUT2D eigenvalue weighted by Crippen LogP contribution is -2.50. The number of guanidine groups is 1. The van der Waals surface area contributed by atoms with E-state index in [2.05, 4.69) is 32.7 Å². The molecular formula is C19H31IN6O2. The van der Waals surface area contributed by atoms with Crippen molar-refractivity contribution >= 4 is 47.4 Å². The number of rotatable bonds is 6. The second-order valence-corrected chi connectivity index (χ2v) is 6.54. The molecule has 0 unspecified atom stereocenters. The quantitative estimate of drug-likeness (QED) is 0.339. The molecule has 2 rings (SSSR count). The van der Waals surface area contributed by atoms with Crippen molar-refractivity contribution in [3.8, 4) is 0 Å². The van der Waals surface area contributed by atoms with Crippen LogP contribution in [0.1, 0.15) is 6.92 Å². The number of nitrogens with one attached hydrogen (secondary N) is 2. The summed E-state index contributed by atoms with van der Waals surface area (Å²) in [5.41, 5.74) is 1.19. The molecule has 0 atom stereocenters. The van der Waals surface area contributed by atoms with E-state index >= 15 is 0 Å². The minimum atomic E-state index is -0.0519. The molecule has 1 fully saturated rings. The standard InChI is InChI=1S/C19H30N6O2.HI/c1-4-20-19(21-14-17(26)23(2)3)22-15-18(27)25-12-10-24(11-13-25)16-8-6-5-7-9-16;/h5-9H,4,10-15H2,1-3H3,(H2,20,21,22);1H. The van der Waals surface area contributed by atoms with Gasteiger partial charge < -0.3 is 25.3 Å². The van der Waals surface area contributed by atoms with Crippen LogP contribution in [0.5, 0.6) is 0 Å². The van der Waals surface area contributed by atoms with Crippen molar-refractivity contribution < 1.29 is 9.59 Å². The summed E-state index contributed by atoms with van der Waals surface area (Å²) in [6.07, 6.45) is 0. The highest BCUT2D eigenvalue weighted by Gasteiger charge is 2.21. The molecule has 2 N–H and O–H groups in total. The number of amides is 2. The smallest absolute Gasteiger partial charge is 0.244 e. The second kappa shape index (κ2) is 12.4. The van der Waals surface area contributed by atoms with E-state index in [0.29, 0.717) is 25.6 Å². The predicted octanol–water partition coefficient (Wildman–Crippen LogP) is 0.597. The van der Waals surface area contributed by atoms with Crippen molar-refractivity contribution in [1.82, 2.24) is 20.4 Å². The third-order valence-corrected chi connectivity index (χ3v) is 4.38. The maximum Gasteiger partial charge on any atom is 0.244 e. The largest absolute Gasteiger partial charge is 0.368 e. The first-order chi connectivity index (χ1) is 13.0. The summed E-state index contributed by atoms with van der Waals surface area (Å²) < 4.78 is 0. The maximum absolute atomic E-state index is 12.5. The number of piperazine rings is 1. The molecule has 9 heteroatoms. The number of halogens is 1. The summed E-state index contributed by atoms with van der Waals surface area (Å²) in [4.78, 5) is 34.1. The second-order valence-electron chi connectivity index (χ2n) is 6.54. The van der Waals surface area contributed by atoms with Gasteiger partial charge in [-0.05, 0) is 19.1 Å². The van der Waals surface area contributed by atoms with Crippen molar-refractivity contribution in [1.29, 1.82) is 0 Å². The minimum absolute atomic E-state index is 0. The molecule has 0 aromatic heterocycles. The number of likely N-dealkylation sites (N-methyl/N-ethyl adjacent to an activating group) is 1. The zero-order valence-electron chi connectivity index (χ0n) is 16.9. The molecule has 0 spiro atoms. The summed E-state index contributed by atoms with van der Waals surface area (Å²) in [7, 11) is 3.40. The molecule has 1 aliphatic heterocycles. The third kappa shape index (κ3) is 7.53. The summed E-state index contributed by atoms with van der Waals surface area (Å²) in [5.74, 6) is 0.423. The van der Waals surface area contributed by atoms with Gasteiger partial charge in [0, 0.05) is 52.5 Å². The van der Waals surface area contributed by atoms with Gasteiger partial charge >= 0.3 is 0 Å². The van der Waals surface area contributed by atoms with E-state index in [4.69, 9.17) is 0 Å². The van der Waals surface area contributed by atoms with E-state index in [1.54, 1.807) is 14.1 Å². The molecule has 1 aromatic carbocycles. The van der Waals surface area contributed by atoms with Crippen LogP contribution < -0.4 is 15.5 Å². The van der Waals surface area contributed by atoms with Crippen LogP contribution in [0.15, 0.2) is 35.3 Å².